The van der Waals surface area contributed by atoms with Crippen LogP contribution in [0.3, 0.4) is 0 Å². The van der Waals surface area contributed by atoms with Gasteiger partial charge in [0.15, 0.2) is 0 Å². The summed E-state index contributed by atoms with van der Waals surface area (Å²) in [4.78, 5) is 13.2. The van der Waals surface area contributed by atoms with Crippen molar-refractivity contribution in [2.75, 3.05) is 18.5 Å². The molecule has 2 rings (SSSR count). The topological polar surface area (TPSA) is 86.7 Å². The van der Waals surface area contributed by atoms with E-state index in [2.05, 4.69) is 4.72 Å². The Morgan fingerprint density at radius 3 is 2.54 bits per heavy atom. The maximum atomic E-state index is 12.3. The number of carbonyl (C=O) groups is 1. The molecule has 0 aliphatic carbocycles. The second-order valence-corrected chi connectivity index (χ2v) is 8.60. The van der Waals surface area contributed by atoms with E-state index in [9.17, 15) is 13.2 Å². The van der Waals surface area contributed by atoms with Crippen molar-refractivity contribution in [3.8, 4) is 0 Å². The largest absolute Gasteiger partial charge is 0.481 e. The zero-order valence-corrected chi connectivity index (χ0v) is 15.1. The fourth-order valence-electron chi connectivity index (χ4n) is 2.10. The number of aliphatic carboxylic acids is 1. The number of carboxylic acid groups (broad SMARTS) is 1. The van der Waals surface area contributed by atoms with E-state index in [0.717, 1.165) is 17.0 Å². The fourth-order valence-corrected chi connectivity index (χ4v) is 4.62. The summed E-state index contributed by atoms with van der Waals surface area (Å²) >= 11 is 0.980. The number of nitrogens with one attached hydrogen (secondary N) is 1. The molecule has 0 aliphatic rings. The minimum atomic E-state index is -3.64. The van der Waals surface area contributed by atoms with Gasteiger partial charge in [0.05, 0.1) is 6.42 Å². The second-order valence-electron chi connectivity index (χ2n) is 5.44. The van der Waals surface area contributed by atoms with Gasteiger partial charge in [0.1, 0.15) is 4.21 Å². The van der Waals surface area contributed by atoms with Gasteiger partial charge in [-0.05, 0) is 31.2 Å². The van der Waals surface area contributed by atoms with Gasteiger partial charge < -0.3 is 10.0 Å². The Kier molecular flexibility index (Phi) is 5.98. The highest BCUT2D eigenvalue weighted by Crippen LogP contribution is 2.22. The first kappa shape index (κ1) is 18.4. The fraction of sp³-hybridized carbons (Fsp3) is 0.312. The number of para-hydroxylation sites is 1. The molecule has 0 radical (unpaired) electrons. The number of rotatable bonds is 8. The van der Waals surface area contributed by atoms with Crippen LogP contribution in [-0.2, 0) is 21.2 Å². The van der Waals surface area contributed by atoms with E-state index >= 15 is 0 Å². The standard InChI is InChI=1S/C16H20N2O4S2/c1-12(18(2)13-6-4-3-5-7-13)11-17-24(21,22)16-9-8-14(23-16)10-15(19)20/h3-9,12,17H,10-11H2,1-2H3,(H,19,20). The molecule has 0 amide bonds. The van der Waals surface area contributed by atoms with Crippen molar-refractivity contribution in [1.29, 1.82) is 0 Å². The maximum absolute atomic E-state index is 12.3. The average molecular weight is 368 g/mol. The van der Waals surface area contributed by atoms with Crippen LogP contribution in [0, 0.1) is 0 Å². The molecule has 1 aromatic carbocycles. The molecular formula is C16H20N2O4S2. The monoisotopic (exact) mass is 368 g/mol. The number of benzene rings is 1. The summed E-state index contributed by atoms with van der Waals surface area (Å²) in [7, 11) is -1.73. The number of hydrogen-bond donors (Lipinski definition) is 2. The highest BCUT2D eigenvalue weighted by molar-refractivity contribution is 7.91. The molecule has 6 nitrogen and oxygen atoms in total. The molecule has 8 heteroatoms. The van der Waals surface area contributed by atoms with Gasteiger partial charge in [-0.1, -0.05) is 18.2 Å². The average Bonchev–Trinajstić information content (AvgIpc) is 3.01. The molecule has 2 N–H and O–H groups in total. The SMILES string of the molecule is CC(CNS(=O)(=O)c1ccc(CC(=O)O)s1)N(C)c1ccccc1. The molecule has 0 spiro atoms. The summed E-state index contributed by atoms with van der Waals surface area (Å²) in [6, 6.07) is 12.6. The summed E-state index contributed by atoms with van der Waals surface area (Å²) in [5.41, 5.74) is 1.00. The molecule has 0 saturated heterocycles. The van der Waals surface area contributed by atoms with Gasteiger partial charge in [0.25, 0.3) is 0 Å². The molecule has 1 atom stereocenters. The molecule has 0 fully saturated rings. The van der Waals surface area contributed by atoms with Crippen molar-refractivity contribution in [2.24, 2.45) is 0 Å². The van der Waals surface area contributed by atoms with Crippen LogP contribution in [0.5, 0.6) is 0 Å². The molecule has 0 bridgehead atoms. The van der Waals surface area contributed by atoms with Gasteiger partial charge in [-0.3, -0.25) is 4.79 Å². The Balaban J connectivity index is 1.99. The van der Waals surface area contributed by atoms with Crippen molar-refractivity contribution >= 4 is 33.0 Å². The van der Waals surface area contributed by atoms with Gasteiger partial charge in [-0.25, -0.2) is 13.1 Å². The van der Waals surface area contributed by atoms with Crippen LogP contribution < -0.4 is 9.62 Å². The predicted molar refractivity (Wildman–Crippen MR) is 95.2 cm³/mol. The molecule has 0 saturated carbocycles. The number of carboxylic acids is 1. The minimum Gasteiger partial charge on any atom is -0.481 e. The molecule has 0 aliphatic heterocycles. The Bertz CT molecular complexity index is 787. The van der Waals surface area contributed by atoms with Gasteiger partial charge >= 0.3 is 5.97 Å². The van der Waals surface area contributed by atoms with Crippen LogP contribution in [0.2, 0.25) is 0 Å². The van der Waals surface area contributed by atoms with Crippen LogP contribution in [0.4, 0.5) is 5.69 Å². The summed E-state index contributed by atoms with van der Waals surface area (Å²) in [5.74, 6) is -0.980. The number of nitrogens with zero attached hydrogens (tertiary/aromatic N) is 1. The number of hydrogen-bond acceptors (Lipinski definition) is 5. The lowest BCUT2D eigenvalue weighted by Gasteiger charge is -2.27. The third-order valence-electron chi connectivity index (χ3n) is 3.62. The molecule has 130 valence electrons. The van der Waals surface area contributed by atoms with Gasteiger partial charge in [0, 0.05) is 30.2 Å². The van der Waals surface area contributed by atoms with Crippen LogP contribution in [0.25, 0.3) is 0 Å². The number of sulfonamides is 1. The highest BCUT2D eigenvalue weighted by atomic mass is 32.2. The van der Waals surface area contributed by atoms with Crippen molar-refractivity contribution in [1.82, 2.24) is 4.72 Å². The van der Waals surface area contributed by atoms with Crippen LogP contribution in [0.15, 0.2) is 46.7 Å². The summed E-state index contributed by atoms with van der Waals surface area (Å²) < 4.78 is 27.4. The van der Waals surface area contributed by atoms with Gasteiger partial charge in [-0.15, -0.1) is 11.3 Å². The Morgan fingerprint density at radius 2 is 1.92 bits per heavy atom. The predicted octanol–water partition coefficient (Wildman–Crippen LogP) is 2.18. The third kappa shape index (κ3) is 4.80. The Morgan fingerprint density at radius 1 is 1.25 bits per heavy atom. The van der Waals surface area contributed by atoms with Gasteiger partial charge in [0.2, 0.25) is 10.0 Å². The first-order valence-electron chi connectivity index (χ1n) is 7.37. The smallest absolute Gasteiger partial charge is 0.308 e. The summed E-state index contributed by atoms with van der Waals surface area (Å²) in [6.07, 6.45) is -0.173. The third-order valence-corrected chi connectivity index (χ3v) is 6.62. The lowest BCUT2D eigenvalue weighted by Crippen LogP contribution is -2.40. The molecular weight excluding hydrogens is 348 g/mol. The highest BCUT2D eigenvalue weighted by Gasteiger charge is 2.19. The normalized spacial score (nSPS) is 12.8. The first-order chi connectivity index (χ1) is 11.3. The molecule has 1 heterocycles. The zero-order valence-electron chi connectivity index (χ0n) is 13.5. The van der Waals surface area contributed by atoms with Crippen molar-refractivity contribution in [2.45, 2.75) is 23.6 Å². The van der Waals surface area contributed by atoms with E-state index in [4.69, 9.17) is 5.11 Å². The summed E-state index contributed by atoms with van der Waals surface area (Å²) in [6.45, 7) is 2.18. The first-order valence-corrected chi connectivity index (χ1v) is 9.67. The zero-order chi connectivity index (χ0) is 17.7. The van der Waals surface area contributed by atoms with Crippen LogP contribution in [-0.4, -0.2) is 39.1 Å². The molecule has 2 aromatic rings. The number of thiophene rings is 1. The summed E-state index contributed by atoms with van der Waals surface area (Å²) in [5, 5.41) is 8.76. The van der Waals surface area contributed by atoms with E-state index in [0.29, 0.717) is 4.88 Å². The van der Waals surface area contributed by atoms with Gasteiger partial charge in [-0.2, -0.15) is 0 Å². The maximum Gasteiger partial charge on any atom is 0.308 e. The van der Waals surface area contributed by atoms with E-state index in [1.165, 1.54) is 12.1 Å². The molecule has 24 heavy (non-hydrogen) atoms. The van der Waals surface area contributed by atoms with Crippen molar-refractivity contribution in [3.05, 3.63) is 47.3 Å². The van der Waals surface area contributed by atoms with E-state index in [-0.39, 0.29) is 23.2 Å². The van der Waals surface area contributed by atoms with Crippen molar-refractivity contribution in [3.63, 3.8) is 0 Å². The van der Waals surface area contributed by atoms with E-state index in [1.54, 1.807) is 0 Å². The quantitative estimate of drug-likeness (QED) is 0.746. The minimum absolute atomic E-state index is 0.0411. The molecule has 1 aromatic heterocycles. The Hall–Kier alpha value is -1.90. The van der Waals surface area contributed by atoms with E-state index < -0.39 is 16.0 Å². The van der Waals surface area contributed by atoms with Crippen LogP contribution in [0.1, 0.15) is 11.8 Å². The second kappa shape index (κ2) is 7.78. The lowest BCUT2D eigenvalue weighted by molar-refractivity contribution is -0.136. The lowest BCUT2D eigenvalue weighted by atomic mass is 10.2. The van der Waals surface area contributed by atoms with E-state index in [1.807, 2.05) is 49.2 Å². The number of anilines is 1. The number of likely N-dealkylation sites (N-methyl/N-ethyl adjacent to an activating group) is 1. The Labute approximate surface area is 145 Å². The van der Waals surface area contributed by atoms with Crippen LogP contribution >= 0.6 is 11.3 Å². The van der Waals surface area contributed by atoms with Crippen molar-refractivity contribution < 1.29 is 18.3 Å². The molecule has 1 unspecified atom stereocenters.